The summed E-state index contributed by atoms with van der Waals surface area (Å²) in [6.45, 7) is 2.82. The highest BCUT2D eigenvalue weighted by atomic mass is 32.2. The van der Waals surface area contributed by atoms with Crippen molar-refractivity contribution in [3.8, 4) is 5.75 Å². The molecule has 0 bridgehead atoms. The van der Waals surface area contributed by atoms with E-state index in [0.717, 1.165) is 5.56 Å². The summed E-state index contributed by atoms with van der Waals surface area (Å²) in [6.07, 6.45) is 0.452. The van der Waals surface area contributed by atoms with Crippen LogP contribution in [0.2, 0.25) is 0 Å². The van der Waals surface area contributed by atoms with Crippen molar-refractivity contribution in [2.45, 2.75) is 18.2 Å². The van der Waals surface area contributed by atoms with E-state index >= 15 is 0 Å². The maximum absolute atomic E-state index is 13.0. The maximum Gasteiger partial charge on any atom is 0.270 e. The highest BCUT2D eigenvalue weighted by Gasteiger charge is 2.30. The van der Waals surface area contributed by atoms with E-state index in [2.05, 4.69) is 0 Å². The molecule has 1 saturated heterocycles. The second-order valence-electron chi connectivity index (χ2n) is 7.00. The molecule has 0 radical (unpaired) electrons. The van der Waals surface area contributed by atoms with Crippen LogP contribution in [-0.4, -0.2) is 61.7 Å². The molecule has 1 fully saturated rings. The number of rotatable bonds is 5. The lowest BCUT2D eigenvalue weighted by Gasteiger charge is -2.22. The largest absolute Gasteiger partial charge is 0.496 e. The third kappa shape index (κ3) is 4.44. The molecule has 0 unspecified atom stereocenters. The lowest BCUT2D eigenvalue weighted by molar-refractivity contribution is -0.384. The molecule has 9 nitrogen and oxygen atoms in total. The molecular formula is C20H23N3O6S. The van der Waals surface area contributed by atoms with Crippen LogP contribution in [0.25, 0.3) is 0 Å². The molecular weight excluding hydrogens is 410 g/mol. The minimum atomic E-state index is -3.67. The molecule has 3 rings (SSSR count). The fourth-order valence-corrected chi connectivity index (χ4v) is 4.81. The van der Waals surface area contributed by atoms with Gasteiger partial charge < -0.3 is 9.64 Å². The molecule has 10 heteroatoms. The van der Waals surface area contributed by atoms with Crippen LogP contribution in [0.5, 0.6) is 5.75 Å². The molecule has 1 aliphatic rings. The van der Waals surface area contributed by atoms with Gasteiger partial charge in [0.15, 0.2) is 0 Å². The van der Waals surface area contributed by atoms with E-state index in [1.165, 1.54) is 34.5 Å². The van der Waals surface area contributed by atoms with E-state index in [1.54, 1.807) is 24.3 Å². The number of non-ortho nitro benzene ring substituents is 1. The number of benzene rings is 2. The van der Waals surface area contributed by atoms with Crippen LogP contribution >= 0.6 is 0 Å². The van der Waals surface area contributed by atoms with Gasteiger partial charge in [0.1, 0.15) is 5.75 Å². The average Bonchev–Trinajstić information content (AvgIpc) is 3.00. The number of aryl methyl sites for hydroxylation is 1. The molecule has 1 amide bonds. The molecule has 0 N–H and O–H groups in total. The van der Waals surface area contributed by atoms with Crippen molar-refractivity contribution in [1.82, 2.24) is 9.21 Å². The van der Waals surface area contributed by atoms with Gasteiger partial charge >= 0.3 is 0 Å². The highest BCUT2D eigenvalue weighted by Crippen LogP contribution is 2.26. The topological polar surface area (TPSA) is 110 Å². The first-order chi connectivity index (χ1) is 14.2. The molecule has 30 heavy (non-hydrogen) atoms. The van der Waals surface area contributed by atoms with E-state index in [0.29, 0.717) is 13.0 Å². The summed E-state index contributed by atoms with van der Waals surface area (Å²) < 4.78 is 32.5. The van der Waals surface area contributed by atoms with Crippen LogP contribution in [0, 0.1) is 17.0 Å². The smallest absolute Gasteiger partial charge is 0.270 e. The van der Waals surface area contributed by atoms with Gasteiger partial charge in [0, 0.05) is 38.3 Å². The van der Waals surface area contributed by atoms with E-state index in [4.69, 9.17) is 4.74 Å². The van der Waals surface area contributed by atoms with Crippen molar-refractivity contribution in [3.05, 3.63) is 63.7 Å². The van der Waals surface area contributed by atoms with Crippen molar-refractivity contribution in [2.24, 2.45) is 0 Å². The molecule has 0 spiro atoms. The number of carbonyl (C=O) groups is 1. The predicted molar refractivity (Wildman–Crippen MR) is 110 cm³/mol. The number of hydrogen-bond donors (Lipinski definition) is 0. The van der Waals surface area contributed by atoms with Gasteiger partial charge in [-0.25, -0.2) is 8.42 Å². The highest BCUT2D eigenvalue weighted by molar-refractivity contribution is 7.89. The lowest BCUT2D eigenvalue weighted by Crippen LogP contribution is -2.37. The maximum atomic E-state index is 13.0. The van der Waals surface area contributed by atoms with E-state index in [9.17, 15) is 23.3 Å². The second-order valence-corrected chi connectivity index (χ2v) is 8.94. The van der Waals surface area contributed by atoms with Crippen LogP contribution in [0.3, 0.4) is 0 Å². The Morgan fingerprint density at radius 2 is 1.77 bits per heavy atom. The number of nitro groups is 1. The summed E-state index contributed by atoms with van der Waals surface area (Å²) in [5.41, 5.74) is 0.839. The molecule has 0 aliphatic carbocycles. The number of methoxy groups -OCH3 is 1. The van der Waals surface area contributed by atoms with Gasteiger partial charge in [0.05, 0.1) is 22.5 Å². The van der Waals surface area contributed by atoms with Crippen LogP contribution in [0.4, 0.5) is 5.69 Å². The monoisotopic (exact) mass is 433 g/mol. The number of amides is 1. The number of sulfonamides is 1. The summed E-state index contributed by atoms with van der Waals surface area (Å²) >= 11 is 0. The summed E-state index contributed by atoms with van der Waals surface area (Å²) in [6, 6.07) is 10.5. The van der Waals surface area contributed by atoms with Gasteiger partial charge in [-0.3, -0.25) is 14.9 Å². The molecule has 1 heterocycles. The minimum absolute atomic E-state index is 0.0848. The molecule has 0 atom stereocenters. The molecule has 2 aromatic rings. The minimum Gasteiger partial charge on any atom is -0.496 e. The summed E-state index contributed by atoms with van der Waals surface area (Å²) in [7, 11) is -2.28. The Morgan fingerprint density at radius 1 is 1.07 bits per heavy atom. The van der Waals surface area contributed by atoms with E-state index < -0.39 is 20.9 Å². The average molecular weight is 433 g/mol. The Kier molecular flexibility index (Phi) is 6.37. The van der Waals surface area contributed by atoms with Crippen LogP contribution in [0.1, 0.15) is 22.3 Å². The third-order valence-corrected chi connectivity index (χ3v) is 6.94. The van der Waals surface area contributed by atoms with Gasteiger partial charge in [-0.2, -0.15) is 4.31 Å². The zero-order valence-corrected chi connectivity index (χ0v) is 17.6. The number of hydrogen-bond acceptors (Lipinski definition) is 6. The predicted octanol–water partition coefficient (Wildman–Crippen LogP) is 2.45. The van der Waals surface area contributed by atoms with Gasteiger partial charge in [-0.05, 0) is 31.5 Å². The third-order valence-electron chi connectivity index (χ3n) is 5.03. The number of nitro benzene ring substituents is 1. The van der Waals surface area contributed by atoms with Crippen LogP contribution in [-0.2, 0) is 10.0 Å². The van der Waals surface area contributed by atoms with Gasteiger partial charge in [-0.15, -0.1) is 0 Å². The summed E-state index contributed by atoms with van der Waals surface area (Å²) in [5, 5.41) is 11.1. The Bertz CT molecular complexity index is 1050. The first kappa shape index (κ1) is 21.7. The Hall–Kier alpha value is -2.98. The zero-order chi connectivity index (χ0) is 21.9. The quantitative estimate of drug-likeness (QED) is 0.529. The van der Waals surface area contributed by atoms with Gasteiger partial charge in [-0.1, -0.05) is 17.7 Å². The lowest BCUT2D eigenvalue weighted by atomic mass is 10.1. The summed E-state index contributed by atoms with van der Waals surface area (Å²) in [4.78, 5) is 25.3. The SMILES string of the molecule is COc1ccc([N+](=O)[O-])cc1C(=O)N1CCCN(S(=O)(=O)c2ccc(C)cc2)CC1. The summed E-state index contributed by atoms with van der Waals surface area (Å²) in [5.74, 6) is -0.191. The zero-order valence-electron chi connectivity index (χ0n) is 16.8. The standard InChI is InChI=1S/C20H23N3O6S/c1-15-4-7-17(8-5-15)30(27,28)22-11-3-10-21(12-13-22)20(24)18-14-16(23(25)26)6-9-19(18)29-2/h4-9,14H,3,10-13H2,1-2H3. The van der Waals surface area contributed by atoms with Crippen molar-refractivity contribution in [2.75, 3.05) is 33.3 Å². The molecule has 2 aromatic carbocycles. The first-order valence-electron chi connectivity index (χ1n) is 9.42. The van der Waals surface area contributed by atoms with Gasteiger partial charge in [0.2, 0.25) is 10.0 Å². The van der Waals surface area contributed by atoms with Crippen molar-refractivity contribution in [3.63, 3.8) is 0 Å². The molecule has 0 aromatic heterocycles. The number of ether oxygens (including phenoxy) is 1. The second kappa shape index (κ2) is 8.80. The fraction of sp³-hybridized carbons (Fsp3) is 0.350. The number of carbonyl (C=O) groups excluding carboxylic acids is 1. The Morgan fingerprint density at radius 3 is 2.40 bits per heavy atom. The first-order valence-corrected chi connectivity index (χ1v) is 10.9. The normalized spacial score (nSPS) is 15.5. The van der Waals surface area contributed by atoms with E-state index in [1.807, 2.05) is 6.92 Å². The van der Waals surface area contributed by atoms with Crippen LogP contribution in [0.15, 0.2) is 47.4 Å². The molecule has 160 valence electrons. The fourth-order valence-electron chi connectivity index (χ4n) is 3.34. The number of nitrogens with zero attached hydrogens (tertiary/aromatic N) is 3. The molecule has 0 saturated carbocycles. The van der Waals surface area contributed by atoms with Crippen molar-refractivity contribution >= 4 is 21.6 Å². The molecule has 1 aliphatic heterocycles. The Balaban J connectivity index is 1.80. The van der Waals surface area contributed by atoms with Gasteiger partial charge in [0.25, 0.3) is 11.6 Å². The van der Waals surface area contributed by atoms with E-state index in [-0.39, 0.29) is 41.5 Å². The van der Waals surface area contributed by atoms with Crippen molar-refractivity contribution < 1.29 is 22.9 Å². The Labute approximate surface area is 175 Å². The van der Waals surface area contributed by atoms with Crippen molar-refractivity contribution in [1.29, 1.82) is 0 Å². The van der Waals surface area contributed by atoms with Crippen LogP contribution < -0.4 is 4.74 Å².